The first kappa shape index (κ1) is 12.4. The Kier molecular flexibility index (Phi) is 3.28. The molecule has 18 heavy (non-hydrogen) atoms. The summed E-state index contributed by atoms with van der Waals surface area (Å²) in [5.74, 6) is 2.12. The average Bonchev–Trinajstić information content (AvgIpc) is 2.82. The van der Waals surface area contributed by atoms with Gasteiger partial charge in [0.2, 0.25) is 0 Å². The number of methoxy groups -OCH3 is 1. The van der Waals surface area contributed by atoms with E-state index in [-0.39, 0.29) is 11.7 Å². The number of carbonyl (C=O) groups excluding carboxylic acids is 1. The number of hydrogen-bond acceptors (Lipinski definition) is 3. The van der Waals surface area contributed by atoms with Gasteiger partial charge in [0.15, 0.2) is 5.78 Å². The van der Waals surface area contributed by atoms with E-state index in [0.29, 0.717) is 13.2 Å². The summed E-state index contributed by atoms with van der Waals surface area (Å²) in [6.07, 6.45) is 5.20. The topological polar surface area (TPSA) is 44.1 Å². The van der Waals surface area contributed by atoms with Gasteiger partial charge in [-0.3, -0.25) is 9.48 Å². The van der Waals surface area contributed by atoms with E-state index in [1.54, 1.807) is 18.0 Å². The second-order valence-corrected chi connectivity index (χ2v) is 6.20. The van der Waals surface area contributed by atoms with Gasteiger partial charge in [0.1, 0.15) is 5.69 Å². The smallest absolute Gasteiger partial charge is 0.185 e. The number of ketones is 1. The summed E-state index contributed by atoms with van der Waals surface area (Å²) in [7, 11) is 1.66. The van der Waals surface area contributed by atoms with E-state index in [2.05, 4.69) is 21.0 Å². The van der Waals surface area contributed by atoms with Gasteiger partial charge in [-0.05, 0) is 47.0 Å². The van der Waals surface area contributed by atoms with Crippen LogP contribution in [0.2, 0.25) is 0 Å². The molecule has 0 spiro atoms. The van der Waals surface area contributed by atoms with Gasteiger partial charge in [-0.2, -0.15) is 5.10 Å². The second kappa shape index (κ2) is 4.78. The molecule has 0 saturated heterocycles. The second-order valence-electron chi connectivity index (χ2n) is 5.35. The predicted molar refractivity (Wildman–Crippen MR) is 70.5 cm³/mol. The van der Waals surface area contributed by atoms with Crippen molar-refractivity contribution in [3.8, 4) is 0 Å². The van der Waals surface area contributed by atoms with E-state index in [1.165, 1.54) is 6.42 Å². The van der Waals surface area contributed by atoms with Gasteiger partial charge in [0.25, 0.3) is 0 Å². The molecule has 1 aromatic heterocycles. The lowest BCUT2D eigenvalue weighted by Crippen LogP contribution is -2.20. The van der Waals surface area contributed by atoms with Crippen LogP contribution in [0.1, 0.15) is 29.8 Å². The first-order valence-corrected chi connectivity index (χ1v) is 7.24. The molecule has 0 aliphatic heterocycles. The molecule has 2 saturated carbocycles. The Morgan fingerprint density at radius 3 is 2.89 bits per heavy atom. The molecule has 2 unspecified atom stereocenters. The molecule has 0 N–H and O–H groups in total. The van der Waals surface area contributed by atoms with Gasteiger partial charge in [-0.25, -0.2) is 0 Å². The zero-order valence-electron chi connectivity index (χ0n) is 10.4. The summed E-state index contributed by atoms with van der Waals surface area (Å²) < 4.78 is 7.63. The molecular weight excluding hydrogens is 296 g/mol. The average molecular weight is 313 g/mol. The molecule has 1 heterocycles. The number of aromatic nitrogens is 2. The van der Waals surface area contributed by atoms with Crippen molar-refractivity contribution >= 4 is 21.7 Å². The molecule has 2 aliphatic rings. The van der Waals surface area contributed by atoms with E-state index >= 15 is 0 Å². The largest absolute Gasteiger partial charge is 0.383 e. The van der Waals surface area contributed by atoms with Crippen molar-refractivity contribution in [3.05, 3.63) is 16.4 Å². The highest BCUT2D eigenvalue weighted by molar-refractivity contribution is 9.10. The van der Waals surface area contributed by atoms with Gasteiger partial charge in [0.05, 0.1) is 23.8 Å². The molecule has 5 heteroatoms. The molecular formula is C13H17BrN2O2. The number of halogens is 1. The summed E-state index contributed by atoms with van der Waals surface area (Å²) in [5.41, 5.74) is 0.721. The van der Waals surface area contributed by atoms with Gasteiger partial charge in [0, 0.05) is 13.0 Å². The lowest BCUT2D eigenvalue weighted by Gasteiger charge is -2.12. The Labute approximate surface area is 115 Å². The molecule has 2 atom stereocenters. The highest BCUT2D eigenvalue weighted by Crippen LogP contribution is 2.55. The third-order valence-electron chi connectivity index (χ3n) is 4.15. The van der Waals surface area contributed by atoms with Crippen LogP contribution in [0.15, 0.2) is 10.7 Å². The van der Waals surface area contributed by atoms with Crippen LogP contribution in [0.25, 0.3) is 0 Å². The third-order valence-corrected chi connectivity index (χ3v) is 4.73. The maximum atomic E-state index is 12.5. The van der Waals surface area contributed by atoms with Crippen molar-refractivity contribution < 1.29 is 9.53 Å². The number of ether oxygens (including phenoxy) is 1. The van der Waals surface area contributed by atoms with Crippen molar-refractivity contribution in [2.24, 2.45) is 17.8 Å². The van der Waals surface area contributed by atoms with Crippen LogP contribution in [-0.4, -0.2) is 29.3 Å². The van der Waals surface area contributed by atoms with E-state index in [9.17, 15) is 4.79 Å². The fourth-order valence-electron chi connectivity index (χ4n) is 3.08. The van der Waals surface area contributed by atoms with E-state index in [1.807, 2.05) is 0 Å². The van der Waals surface area contributed by atoms with Crippen LogP contribution in [0, 0.1) is 17.8 Å². The molecule has 0 bridgehead atoms. The van der Waals surface area contributed by atoms with Crippen LogP contribution >= 0.6 is 15.9 Å². The van der Waals surface area contributed by atoms with Gasteiger partial charge < -0.3 is 4.74 Å². The number of fused-ring (bicyclic) bond motifs is 1. The summed E-state index contributed by atoms with van der Waals surface area (Å²) >= 11 is 3.44. The minimum absolute atomic E-state index is 0.211. The third kappa shape index (κ3) is 2.14. The Hall–Kier alpha value is -0.680. The standard InChI is InChI=1S/C13H17BrN2O2/c1-18-3-2-16-12(11(14)7-15-16)13(17)10-5-8-4-9(8)6-10/h7-10H,2-6H2,1H3. The van der Waals surface area contributed by atoms with Crippen LogP contribution in [0.5, 0.6) is 0 Å². The quantitative estimate of drug-likeness (QED) is 0.785. The van der Waals surface area contributed by atoms with Crippen LogP contribution < -0.4 is 0 Å². The van der Waals surface area contributed by atoms with Crippen molar-refractivity contribution in [3.63, 3.8) is 0 Å². The summed E-state index contributed by atoms with van der Waals surface area (Å²) in [4.78, 5) is 12.5. The predicted octanol–water partition coefficient (Wildman–Crippen LogP) is 2.52. The van der Waals surface area contributed by atoms with E-state index in [4.69, 9.17) is 4.74 Å². The number of hydrogen-bond donors (Lipinski definition) is 0. The lowest BCUT2D eigenvalue weighted by atomic mass is 9.96. The summed E-state index contributed by atoms with van der Waals surface area (Å²) in [6.45, 7) is 1.20. The molecule has 0 amide bonds. The fourth-order valence-corrected chi connectivity index (χ4v) is 3.57. The first-order valence-electron chi connectivity index (χ1n) is 6.45. The van der Waals surface area contributed by atoms with Crippen molar-refractivity contribution in [1.82, 2.24) is 9.78 Å². The molecule has 4 nitrogen and oxygen atoms in total. The molecule has 0 radical (unpaired) electrons. The Morgan fingerprint density at radius 2 is 2.22 bits per heavy atom. The van der Waals surface area contributed by atoms with Crippen molar-refractivity contribution in [2.75, 3.05) is 13.7 Å². The van der Waals surface area contributed by atoms with E-state index in [0.717, 1.165) is 34.8 Å². The molecule has 0 aromatic carbocycles. The van der Waals surface area contributed by atoms with Gasteiger partial charge in [-0.1, -0.05) is 0 Å². The van der Waals surface area contributed by atoms with Crippen molar-refractivity contribution in [2.45, 2.75) is 25.8 Å². The molecule has 3 rings (SSSR count). The fraction of sp³-hybridized carbons (Fsp3) is 0.692. The maximum absolute atomic E-state index is 12.5. The highest BCUT2D eigenvalue weighted by Gasteiger charge is 2.48. The summed E-state index contributed by atoms with van der Waals surface area (Å²) in [5, 5.41) is 4.24. The number of Topliss-reactive ketones (excluding diaryl/α,β-unsaturated/α-hetero) is 1. The zero-order valence-corrected chi connectivity index (χ0v) is 12.0. The SMILES string of the molecule is COCCn1ncc(Br)c1C(=O)C1CC2CC2C1. The van der Waals surface area contributed by atoms with Gasteiger partial charge >= 0.3 is 0 Å². The lowest BCUT2D eigenvalue weighted by molar-refractivity contribution is 0.0899. The highest BCUT2D eigenvalue weighted by atomic mass is 79.9. The molecule has 2 aliphatic carbocycles. The zero-order chi connectivity index (χ0) is 12.7. The normalized spacial score (nSPS) is 29.3. The van der Waals surface area contributed by atoms with E-state index < -0.39 is 0 Å². The van der Waals surface area contributed by atoms with Crippen LogP contribution in [0.4, 0.5) is 0 Å². The number of nitrogens with zero attached hydrogens (tertiary/aromatic N) is 2. The molecule has 2 fully saturated rings. The number of carbonyl (C=O) groups is 1. The minimum Gasteiger partial charge on any atom is -0.383 e. The maximum Gasteiger partial charge on any atom is 0.185 e. The van der Waals surface area contributed by atoms with Gasteiger partial charge in [-0.15, -0.1) is 0 Å². The molecule has 1 aromatic rings. The Morgan fingerprint density at radius 1 is 1.50 bits per heavy atom. The number of rotatable bonds is 5. The Bertz CT molecular complexity index is 462. The van der Waals surface area contributed by atoms with Crippen LogP contribution in [-0.2, 0) is 11.3 Å². The minimum atomic E-state index is 0.211. The molecule has 98 valence electrons. The first-order chi connectivity index (χ1) is 8.70. The van der Waals surface area contributed by atoms with Crippen LogP contribution in [0.3, 0.4) is 0 Å². The monoisotopic (exact) mass is 312 g/mol. The summed E-state index contributed by atoms with van der Waals surface area (Å²) in [6, 6.07) is 0. The van der Waals surface area contributed by atoms with Crippen molar-refractivity contribution in [1.29, 1.82) is 0 Å². The Balaban J connectivity index is 1.77.